The molecule has 0 radical (unpaired) electrons. The van der Waals surface area contributed by atoms with E-state index in [-0.39, 0.29) is 25.1 Å². The van der Waals surface area contributed by atoms with Gasteiger partial charge in [-0.3, -0.25) is 4.68 Å². The minimum atomic E-state index is -2.73. The highest BCUT2D eigenvalue weighted by molar-refractivity contribution is 5.87. The first-order valence-corrected chi connectivity index (χ1v) is 5.13. The number of alkyl halides is 2. The van der Waals surface area contributed by atoms with E-state index >= 15 is 0 Å². The molecule has 4 nitrogen and oxygen atoms in total. The molecule has 1 aliphatic rings. The second-order valence-corrected chi connectivity index (χ2v) is 3.75. The van der Waals surface area contributed by atoms with E-state index in [9.17, 15) is 13.6 Å². The summed E-state index contributed by atoms with van der Waals surface area (Å²) in [5, 5.41) is 3.83. The van der Waals surface area contributed by atoms with Gasteiger partial charge in [-0.1, -0.05) is 0 Å². The van der Waals surface area contributed by atoms with Crippen LogP contribution < -0.4 is 0 Å². The molecule has 16 heavy (non-hydrogen) atoms. The van der Waals surface area contributed by atoms with E-state index in [0.717, 1.165) is 0 Å². The van der Waals surface area contributed by atoms with Gasteiger partial charge in [-0.2, -0.15) is 5.10 Å². The molecule has 0 amide bonds. The van der Waals surface area contributed by atoms with Crippen molar-refractivity contribution in [2.45, 2.75) is 32.2 Å². The van der Waals surface area contributed by atoms with E-state index in [2.05, 4.69) is 5.10 Å². The van der Waals surface area contributed by atoms with Gasteiger partial charge >= 0.3 is 5.97 Å². The number of nitrogens with zero attached hydrogens (tertiary/aromatic N) is 2. The molecule has 0 bridgehead atoms. The quantitative estimate of drug-likeness (QED) is 0.725. The van der Waals surface area contributed by atoms with Crippen LogP contribution in [0.3, 0.4) is 0 Å². The molecule has 88 valence electrons. The van der Waals surface area contributed by atoms with Gasteiger partial charge in [0.2, 0.25) is 0 Å². The molecule has 1 aliphatic heterocycles. The van der Waals surface area contributed by atoms with Crippen LogP contribution >= 0.6 is 0 Å². The van der Waals surface area contributed by atoms with Crippen molar-refractivity contribution in [3.05, 3.63) is 17.5 Å². The standard InChI is InChI=1S/C10H12F2N2O2/c1-2-16-9(15)8-5-7-3-4-10(11,12)6-14(7)13-8/h5H,2-4,6H2,1H3. The number of halogens is 2. The lowest BCUT2D eigenvalue weighted by Gasteiger charge is -2.22. The lowest BCUT2D eigenvalue weighted by atomic mass is 10.1. The summed E-state index contributed by atoms with van der Waals surface area (Å²) in [6, 6.07) is 1.52. The van der Waals surface area contributed by atoms with Gasteiger partial charge in [-0.05, 0) is 19.4 Å². The molecule has 0 unspecified atom stereocenters. The summed E-state index contributed by atoms with van der Waals surface area (Å²) in [6.45, 7) is 1.47. The number of aryl methyl sites for hydroxylation is 1. The summed E-state index contributed by atoms with van der Waals surface area (Å²) in [5.74, 6) is -3.29. The third kappa shape index (κ3) is 2.05. The molecule has 0 aliphatic carbocycles. The summed E-state index contributed by atoms with van der Waals surface area (Å²) in [4.78, 5) is 11.3. The van der Waals surface area contributed by atoms with Crippen LogP contribution in [0.15, 0.2) is 6.07 Å². The predicted molar refractivity (Wildman–Crippen MR) is 51.5 cm³/mol. The highest BCUT2D eigenvalue weighted by atomic mass is 19.3. The maximum absolute atomic E-state index is 13.1. The van der Waals surface area contributed by atoms with Crippen LogP contribution in [0.4, 0.5) is 8.78 Å². The number of hydrogen-bond donors (Lipinski definition) is 0. The molecular weight excluding hydrogens is 218 g/mol. The molecule has 0 fully saturated rings. The van der Waals surface area contributed by atoms with Gasteiger partial charge in [0.25, 0.3) is 5.92 Å². The Labute approximate surface area is 91.2 Å². The Kier molecular flexibility index (Phi) is 2.65. The summed E-state index contributed by atoms with van der Waals surface area (Å²) in [5.41, 5.74) is 0.767. The lowest BCUT2D eigenvalue weighted by Crippen LogP contribution is -2.31. The molecular formula is C10H12F2N2O2. The van der Waals surface area contributed by atoms with Gasteiger partial charge in [0.15, 0.2) is 5.69 Å². The Balaban J connectivity index is 2.21. The third-order valence-electron chi connectivity index (χ3n) is 2.48. The maximum atomic E-state index is 13.1. The van der Waals surface area contributed by atoms with Crippen molar-refractivity contribution < 1.29 is 18.3 Å². The number of ether oxygens (including phenoxy) is 1. The van der Waals surface area contributed by atoms with Crippen molar-refractivity contribution in [1.82, 2.24) is 9.78 Å². The summed E-state index contributed by atoms with van der Waals surface area (Å²) >= 11 is 0. The Morgan fingerprint density at radius 1 is 1.69 bits per heavy atom. The Morgan fingerprint density at radius 2 is 2.44 bits per heavy atom. The Bertz CT molecular complexity index is 415. The zero-order chi connectivity index (χ0) is 11.8. The molecule has 1 aromatic rings. The minimum Gasteiger partial charge on any atom is -0.461 e. The van der Waals surface area contributed by atoms with Gasteiger partial charge in [0.1, 0.15) is 6.54 Å². The number of fused-ring (bicyclic) bond motifs is 1. The van der Waals surface area contributed by atoms with Crippen LogP contribution in [0.25, 0.3) is 0 Å². The van der Waals surface area contributed by atoms with E-state index in [0.29, 0.717) is 5.69 Å². The second kappa shape index (κ2) is 3.84. The fraction of sp³-hybridized carbons (Fsp3) is 0.600. The molecule has 0 N–H and O–H groups in total. The first-order chi connectivity index (χ1) is 7.52. The van der Waals surface area contributed by atoms with Crippen molar-refractivity contribution in [3.8, 4) is 0 Å². The molecule has 1 aromatic heterocycles. The van der Waals surface area contributed by atoms with Crippen LogP contribution in [0, 0.1) is 0 Å². The fourth-order valence-electron chi connectivity index (χ4n) is 1.71. The highest BCUT2D eigenvalue weighted by Gasteiger charge is 2.35. The molecule has 2 heterocycles. The number of aromatic nitrogens is 2. The average molecular weight is 230 g/mol. The Hall–Kier alpha value is -1.46. The van der Waals surface area contributed by atoms with Gasteiger partial charge in [0, 0.05) is 12.1 Å². The van der Waals surface area contributed by atoms with Crippen LogP contribution in [-0.2, 0) is 17.7 Å². The molecule has 2 rings (SSSR count). The highest BCUT2D eigenvalue weighted by Crippen LogP contribution is 2.28. The third-order valence-corrected chi connectivity index (χ3v) is 2.48. The predicted octanol–water partition coefficient (Wildman–Crippen LogP) is 1.64. The first-order valence-electron chi connectivity index (χ1n) is 5.13. The van der Waals surface area contributed by atoms with Gasteiger partial charge in [0.05, 0.1) is 6.61 Å². The maximum Gasteiger partial charge on any atom is 0.358 e. The monoisotopic (exact) mass is 230 g/mol. The van der Waals surface area contributed by atoms with Crippen molar-refractivity contribution in [2.24, 2.45) is 0 Å². The first kappa shape index (κ1) is 11.0. The molecule has 0 aromatic carbocycles. The minimum absolute atomic E-state index is 0.106. The summed E-state index contributed by atoms with van der Waals surface area (Å²) in [7, 11) is 0. The van der Waals surface area contributed by atoms with Crippen LogP contribution in [0.2, 0.25) is 0 Å². The molecule has 0 saturated heterocycles. The molecule has 0 saturated carbocycles. The largest absolute Gasteiger partial charge is 0.461 e. The van der Waals surface area contributed by atoms with Crippen molar-refractivity contribution in [2.75, 3.05) is 6.61 Å². The Morgan fingerprint density at radius 3 is 3.12 bits per heavy atom. The van der Waals surface area contributed by atoms with Gasteiger partial charge in [-0.25, -0.2) is 13.6 Å². The van der Waals surface area contributed by atoms with E-state index < -0.39 is 18.4 Å². The van der Waals surface area contributed by atoms with Gasteiger partial charge < -0.3 is 4.74 Å². The van der Waals surface area contributed by atoms with Crippen LogP contribution in [0.1, 0.15) is 29.5 Å². The van der Waals surface area contributed by atoms with E-state index in [1.807, 2.05) is 0 Å². The zero-order valence-electron chi connectivity index (χ0n) is 8.87. The van der Waals surface area contributed by atoms with Crippen molar-refractivity contribution in [1.29, 1.82) is 0 Å². The van der Waals surface area contributed by atoms with E-state index in [1.165, 1.54) is 10.7 Å². The molecule has 0 spiro atoms. The summed E-state index contributed by atoms with van der Waals surface area (Å²) in [6.07, 6.45) is 0.0420. The van der Waals surface area contributed by atoms with E-state index in [1.54, 1.807) is 6.92 Å². The average Bonchev–Trinajstić information content (AvgIpc) is 2.59. The topological polar surface area (TPSA) is 44.1 Å². The molecule has 6 heteroatoms. The smallest absolute Gasteiger partial charge is 0.358 e. The van der Waals surface area contributed by atoms with Gasteiger partial charge in [-0.15, -0.1) is 0 Å². The fourth-order valence-corrected chi connectivity index (χ4v) is 1.71. The normalized spacial score (nSPS) is 17.9. The SMILES string of the molecule is CCOC(=O)c1cc2n(n1)CC(F)(F)CC2. The number of carbonyl (C=O) groups is 1. The van der Waals surface area contributed by atoms with Crippen molar-refractivity contribution in [3.63, 3.8) is 0 Å². The number of esters is 1. The summed E-state index contributed by atoms with van der Waals surface area (Å²) < 4.78 is 32.1. The number of carbonyl (C=O) groups excluding carboxylic acids is 1. The van der Waals surface area contributed by atoms with Crippen LogP contribution in [0.5, 0.6) is 0 Å². The van der Waals surface area contributed by atoms with Crippen LogP contribution in [-0.4, -0.2) is 28.3 Å². The zero-order valence-corrected chi connectivity index (χ0v) is 8.87. The number of hydrogen-bond acceptors (Lipinski definition) is 3. The number of rotatable bonds is 2. The second-order valence-electron chi connectivity index (χ2n) is 3.75. The van der Waals surface area contributed by atoms with Crippen molar-refractivity contribution >= 4 is 5.97 Å². The van der Waals surface area contributed by atoms with E-state index in [4.69, 9.17) is 4.74 Å². The molecule has 0 atom stereocenters. The lowest BCUT2D eigenvalue weighted by molar-refractivity contribution is -0.0380.